The summed E-state index contributed by atoms with van der Waals surface area (Å²) in [6, 6.07) is -0.645. The Balaban J connectivity index is 0.00000320. The van der Waals surface area contributed by atoms with Gasteiger partial charge in [0.15, 0.2) is 5.43 Å². The number of nitro benzene ring substituents is 1. The number of fused-ring (bicyclic) bond motifs is 1. The summed E-state index contributed by atoms with van der Waals surface area (Å²) in [6.07, 6.45) is 0.901. The Kier molecular flexibility index (Phi) is 8.26. The number of halogens is 1. The van der Waals surface area contributed by atoms with Crippen LogP contribution in [0.15, 0.2) is 17.1 Å². The van der Waals surface area contributed by atoms with Gasteiger partial charge in [0.1, 0.15) is 11.3 Å². The predicted molar refractivity (Wildman–Crippen MR) is 99.2 cm³/mol. The fraction of sp³-hybridized carbons (Fsp3) is 0.444. The van der Waals surface area contributed by atoms with Gasteiger partial charge in [0, 0.05) is 25.8 Å². The van der Waals surface area contributed by atoms with E-state index in [1.165, 1.54) is 6.92 Å². The van der Waals surface area contributed by atoms with Gasteiger partial charge in [0.25, 0.3) is 0 Å². The molecule has 2 N–H and O–H groups in total. The van der Waals surface area contributed by atoms with Gasteiger partial charge >= 0.3 is 57.1 Å². The molecule has 156 valence electrons. The Labute approximate surface area is 213 Å². The molecule has 12 heteroatoms. The average Bonchev–Trinajstić information content (AvgIpc) is 2.67. The van der Waals surface area contributed by atoms with Crippen molar-refractivity contribution < 1.29 is 75.7 Å². The van der Waals surface area contributed by atoms with Crippen molar-refractivity contribution >= 4 is 22.6 Å². The van der Waals surface area contributed by atoms with Crippen LogP contribution in [0.25, 0.3) is 10.9 Å². The number of nitrogens with zero attached hydrogens (tertiary/aromatic N) is 3. The summed E-state index contributed by atoms with van der Waals surface area (Å²) in [5, 5.41) is 35.6. The zero-order valence-electron chi connectivity index (χ0n) is 16.8. The number of hydrogen-bond donors (Lipinski definition) is 2. The number of carbonyl (C=O) groups excluding carboxylic acids is 1. The molecule has 1 aromatic heterocycles. The largest absolute Gasteiger partial charge is 1.00 e. The number of aromatic nitrogens is 1. The van der Waals surface area contributed by atoms with Gasteiger partial charge in [-0.3, -0.25) is 19.8 Å². The summed E-state index contributed by atoms with van der Waals surface area (Å²) in [5.41, 5.74) is -2.90. The van der Waals surface area contributed by atoms with Gasteiger partial charge in [-0.25, -0.2) is 4.39 Å². The van der Waals surface area contributed by atoms with Crippen LogP contribution in [0.5, 0.6) is 0 Å². The van der Waals surface area contributed by atoms with E-state index in [1.807, 2.05) is 0 Å². The first kappa shape index (κ1) is 25.0. The number of rotatable bonds is 5. The van der Waals surface area contributed by atoms with Gasteiger partial charge in [-0.15, -0.1) is 0 Å². The van der Waals surface area contributed by atoms with E-state index >= 15 is 4.39 Å². The molecule has 1 aliphatic rings. The molecule has 0 bridgehead atoms. The smallest absolute Gasteiger partial charge is 0.545 e. The third-order valence-electron chi connectivity index (χ3n) is 5.26. The average molecular weight is 446 g/mol. The Morgan fingerprint density at radius 1 is 1.50 bits per heavy atom. The minimum atomic E-state index is -1.79. The van der Waals surface area contributed by atoms with E-state index in [2.05, 4.69) is 5.32 Å². The molecular formula is C18H20FKN4O6. The van der Waals surface area contributed by atoms with Crippen molar-refractivity contribution in [1.82, 2.24) is 14.8 Å². The second-order valence-corrected chi connectivity index (χ2v) is 7.07. The second-order valence-electron chi connectivity index (χ2n) is 7.07. The molecule has 0 aliphatic carbocycles. The van der Waals surface area contributed by atoms with Gasteiger partial charge in [-0.1, -0.05) is 0 Å². The number of carboxylic acid groups (broad SMARTS) is 1. The molecule has 1 aliphatic heterocycles. The second kappa shape index (κ2) is 9.91. The van der Waals surface area contributed by atoms with E-state index < -0.39 is 57.5 Å². The number of aromatic carboxylic acids is 1. The predicted octanol–water partition coefficient (Wildman–Crippen LogP) is -3.45. The summed E-state index contributed by atoms with van der Waals surface area (Å²) in [6.45, 7) is 2.43. The number of nitro groups is 1. The van der Waals surface area contributed by atoms with Crippen LogP contribution in [0.4, 0.5) is 10.1 Å². The van der Waals surface area contributed by atoms with Gasteiger partial charge in [0.05, 0.1) is 46.1 Å². The van der Waals surface area contributed by atoms with E-state index in [0.717, 1.165) is 16.8 Å². The SMILES string of the molecule is C[C@@H](CO)n1cc(C(=O)[O-])c(=O)c2cc(F)c(C3CNCCN3C)c([N+](=O)[O-])c21.[K+]. The van der Waals surface area contributed by atoms with Crippen LogP contribution >= 0.6 is 0 Å². The number of pyridine rings is 1. The summed E-state index contributed by atoms with van der Waals surface area (Å²) >= 11 is 0. The first-order valence-electron chi connectivity index (χ1n) is 8.97. The van der Waals surface area contributed by atoms with Crippen LogP contribution in [0, 0.1) is 15.9 Å². The maximum Gasteiger partial charge on any atom is 1.00 e. The number of piperazine rings is 1. The van der Waals surface area contributed by atoms with Crippen LogP contribution in [-0.2, 0) is 0 Å². The Morgan fingerprint density at radius 2 is 2.17 bits per heavy atom. The topological polar surface area (TPSA) is 141 Å². The Morgan fingerprint density at radius 3 is 2.70 bits per heavy atom. The maximum absolute atomic E-state index is 15.1. The molecule has 1 fully saturated rings. The van der Waals surface area contributed by atoms with Crippen LogP contribution in [0.2, 0.25) is 0 Å². The Bertz CT molecular complexity index is 1060. The molecule has 1 saturated heterocycles. The number of aliphatic hydroxyl groups is 1. The number of likely N-dealkylation sites (N-methyl/N-ethyl adjacent to an activating group) is 1. The molecule has 0 saturated carbocycles. The monoisotopic (exact) mass is 446 g/mol. The molecule has 2 aromatic rings. The first-order chi connectivity index (χ1) is 13.7. The maximum atomic E-state index is 15.1. The minimum Gasteiger partial charge on any atom is -0.545 e. The van der Waals surface area contributed by atoms with Crippen LogP contribution < -0.4 is 67.2 Å². The molecule has 1 unspecified atom stereocenters. The number of hydrogen-bond acceptors (Lipinski definition) is 8. The molecule has 0 spiro atoms. The van der Waals surface area contributed by atoms with Crippen LogP contribution in [0.3, 0.4) is 0 Å². The molecule has 10 nitrogen and oxygen atoms in total. The number of benzene rings is 1. The van der Waals surface area contributed by atoms with Crippen molar-refractivity contribution in [3.8, 4) is 0 Å². The van der Waals surface area contributed by atoms with Crippen molar-refractivity contribution in [2.45, 2.75) is 19.0 Å². The minimum absolute atomic E-state index is 0. The first-order valence-corrected chi connectivity index (χ1v) is 8.97. The van der Waals surface area contributed by atoms with Crippen molar-refractivity contribution in [3.63, 3.8) is 0 Å². The normalized spacial score (nSPS) is 18.1. The van der Waals surface area contributed by atoms with E-state index in [-0.39, 0.29) is 69.0 Å². The van der Waals surface area contributed by atoms with E-state index in [0.29, 0.717) is 13.1 Å². The number of carbonyl (C=O) groups is 1. The van der Waals surface area contributed by atoms with Gasteiger partial charge in [0.2, 0.25) is 0 Å². The van der Waals surface area contributed by atoms with Gasteiger partial charge < -0.3 is 24.9 Å². The number of aliphatic hydroxyl groups excluding tert-OH is 1. The van der Waals surface area contributed by atoms with Crippen LogP contribution in [-0.4, -0.2) is 58.8 Å². The zero-order valence-corrected chi connectivity index (χ0v) is 20.0. The van der Waals surface area contributed by atoms with Crippen molar-refractivity contribution in [2.75, 3.05) is 33.3 Å². The summed E-state index contributed by atoms with van der Waals surface area (Å²) in [5.74, 6) is -2.76. The van der Waals surface area contributed by atoms with E-state index in [1.54, 1.807) is 11.9 Å². The summed E-state index contributed by atoms with van der Waals surface area (Å²) < 4.78 is 16.2. The molecule has 30 heavy (non-hydrogen) atoms. The van der Waals surface area contributed by atoms with Crippen molar-refractivity contribution in [1.29, 1.82) is 0 Å². The quantitative estimate of drug-likeness (QED) is 0.274. The molecule has 0 amide bonds. The fourth-order valence-corrected chi connectivity index (χ4v) is 3.69. The molecule has 2 atom stereocenters. The number of nitrogens with one attached hydrogen (secondary N) is 1. The third-order valence-corrected chi connectivity index (χ3v) is 5.26. The Hall–Kier alpha value is -1.25. The molecule has 2 heterocycles. The van der Waals surface area contributed by atoms with E-state index in [9.17, 15) is 29.9 Å². The van der Waals surface area contributed by atoms with Crippen molar-refractivity contribution in [3.05, 3.63) is 49.5 Å². The summed E-state index contributed by atoms with van der Waals surface area (Å²) in [4.78, 5) is 37.0. The van der Waals surface area contributed by atoms with Gasteiger partial charge in [-0.2, -0.15) is 0 Å². The molecule has 0 radical (unpaired) electrons. The molecule has 1 aromatic carbocycles. The zero-order chi connectivity index (χ0) is 21.5. The van der Waals surface area contributed by atoms with Crippen molar-refractivity contribution in [2.24, 2.45) is 0 Å². The fourth-order valence-electron chi connectivity index (χ4n) is 3.69. The number of carboxylic acids is 1. The molecule has 3 rings (SSSR count). The third kappa shape index (κ3) is 4.36. The molecular weight excluding hydrogens is 426 g/mol. The standard InChI is InChI=1S/C18H21FN4O6.K/c1-9(8-24)22-7-11(18(26)27)17(25)10-5-12(19)14(16(15(10)22)23(28)29)13-6-20-3-4-21(13)2;/h5,7,9,13,20,24H,3-4,6,8H2,1-2H3,(H,26,27);/q;+1/p-1/t9-,13?;/m0./s1. The summed E-state index contributed by atoms with van der Waals surface area (Å²) in [7, 11) is 1.71. The van der Waals surface area contributed by atoms with E-state index in [4.69, 9.17) is 0 Å². The van der Waals surface area contributed by atoms with Gasteiger partial charge in [-0.05, 0) is 20.0 Å². The van der Waals surface area contributed by atoms with Crippen LogP contribution in [0.1, 0.15) is 34.9 Å².